The molecule has 7 heteroatoms. The van der Waals surface area contributed by atoms with Gasteiger partial charge in [-0.3, -0.25) is 9.36 Å². The van der Waals surface area contributed by atoms with Crippen molar-refractivity contribution >= 4 is 16.9 Å². The van der Waals surface area contributed by atoms with Gasteiger partial charge in [0, 0.05) is 12.1 Å². The number of nitrogens with one attached hydrogen (secondary N) is 1. The summed E-state index contributed by atoms with van der Waals surface area (Å²) >= 11 is 0. The number of urea groups is 1. The fourth-order valence-electron chi connectivity index (χ4n) is 3.76. The van der Waals surface area contributed by atoms with Crippen molar-refractivity contribution in [2.45, 2.75) is 53.1 Å². The lowest BCUT2D eigenvalue weighted by Crippen LogP contribution is -2.49. The highest BCUT2D eigenvalue weighted by molar-refractivity contribution is 5.79. The van der Waals surface area contributed by atoms with Crippen LogP contribution in [0, 0.1) is 6.92 Å². The zero-order chi connectivity index (χ0) is 23.6. The van der Waals surface area contributed by atoms with Crippen LogP contribution in [0.15, 0.2) is 47.3 Å². The molecule has 1 heterocycles. The van der Waals surface area contributed by atoms with Gasteiger partial charge in [0.05, 0.1) is 29.7 Å². The third-order valence-corrected chi connectivity index (χ3v) is 5.30. The monoisotopic (exact) mass is 436 g/mol. The standard InChI is InChI=1S/C25H32N4O3/c1-8-28(24(31)27-25(4,5)6)17(3)22-26-19-12-10-9-11-18(19)23(30)29(22)20-15-16(2)13-14-21(20)32-7/h9-15,17H,8H2,1-7H3,(H,27,31). The second-order valence-electron chi connectivity index (χ2n) is 8.95. The largest absolute Gasteiger partial charge is 0.495 e. The molecule has 0 aliphatic carbocycles. The van der Waals surface area contributed by atoms with Crippen molar-refractivity contribution in [1.29, 1.82) is 0 Å². The summed E-state index contributed by atoms with van der Waals surface area (Å²) in [6, 6.07) is 12.2. The van der Waals surface area contributed by atoms with Gasteiger partial charge in [-0.2, -0.15) is 0 Å². The molecule has 0 bridgehead atoms. The first kappa shape index (κ1) is 23.3. The van der Waals surface area contributed by atoms with E-state index < -0.39 is 6.04 Å². The number of fused-ring (bicyclic) bond motifs is 1. The van der Waals surface area contributed by atoms with Gasteiger partial charge in [0.1, 0.15) is 11.6 Å². The maximum absolute atomic E-state index is 13.7. The number of ether oxygens (including phenoxy) is 1. The van der Waals surface area contributed by atoms with E-state index in [2.05, 4.69) is 5.32 Å². The van der Waals surface area contributed by atoms with Crippen molar-refractivity contribution in [3.05, 3.63) is 64.2 Å². The van der Waals surface area contributed by atoms with Gasteiger partial charge in [-0.1, -0.05) is 18.2 Å². The number of aromatic nitrogens is 2. The quantitative estimate of drug-likeness (QED) is 0.634. The summed E-state index contributed by atoms with van der Waals surface area (Å²) < 4.78 is 7.15. The number of rotatable bonds is 5. The maximum atomic E-state index is 13.7. The van der Waals surface area contributed by atoms with Crippen molar-refractivity contribution in [2.75, 3.05) is 13.7 Å². The molecule has 0 aliphatic rings. The highest BCUT2D eigenvalue weighted by atomic mass is 16.5. The molecule has 1 unspecified atom stereocenters. The Morgan fingerprint density at radius 2 is 1.91 bits per heavy atom. The minimum absolute atomic E-state index is 0.200. The summed E-state index contributed by atoms with van der Waals surface area (Å²) in [5.41, 5.74) is 1.59. The molecule has 3 aromatic rings. The summed E-state index contributed by atoms with van der Waals surface area (Å²) in [5.74, 6) is 1.04. The van der Waals surface area contributed by atoms with Crippen LogP contribution in [0.3, 0.4) is 0 Å². The molecule has 1 atom stereocenters. The predicted octanol–water partition coefficient (Wildman–Crippen LogP) is 4.59. The third kappa shape index (κ3) is 4.61. The average Bonchev–Trinajstić information content (AvgIpc) is 2.72. The van der Waals surface area contributed by atoms with Gasteiger partial charge in [0.2, 0.25) is 0 Å². The fourth-order valence-corrected chi connectivity index (χ4v) is 3.76. The van der Waals surface area contributed by atoms with Crippen molar-refractivity contribution in [2.24, 2.45) is 0 Å². The van der Waals surface area contributed by atoms with E-state index in [1.165, 1.54) is 0 Å². The Labute approximate surface area is 189 Å². The summed E-state index contributed by atoms with van der Waals surface area (Å²) in [6.07, 6.45) is 0. The highest BCUT2D eigenvalue weighted by Crippen LogP contribution is 2.28. The zero-order valence-corrected chi connectivity index (χ0v) is 19.9. The van der Waals surface area contributed by atoms with E-state index in [1.54, 1.807) is 22.6 Å². The number of hydrogen-bond acceptors (Lipinski definition) is 4. The Morgan fingerprint density at radius 3 is 2.53 bits per heavy atom. The zero-order valence-electron chi connectivity index (χ0n) is 19.9. The number of benzene rings is 2. The second kappa shape index (κ2) is 9.02. The van der Waals surface area contributed by atoms with Crippen LogP contribution in [0.2, 0.25) is 0 Å². The Hall–Kier alpha value is -3.35. The molecule has 0 fully saturated rings. The summed E-state index contributed by atoms with van der Waals surface area (Å²) in [6.45, 7) is 12.0. The normalized spacial score (nSPS) is 12.5. The molecule has 2 amide bonds. The molecule has 0 aliphatic heterocycles. The number of para-hydroxylation sites is 1. The van der Waals surface area contributed by atoms with E-state index in [1.807, 2.05) is 77.9 Å². The molecule has 0 radical (unpaired) electrons. The van der Waals surface area contributed by atoms with E-state index in [9.17, 15) is 9.59 Å². The minimum Gasteiger partial charge on any atom is -0.495 e. The van der Waals surface area contributed by atoms with Crippen LogP contribution < -0.4 is 15.6 Å². The minimum atomic E-state index is -0.468. The molecule has 1 N–H and O–H groups in total. The van der Waals surface area contributed by atoms with Gasteiger partial charge in [0.15, 0.2) is 0 Å². The van der Waals surface area contributed by atoms with E-state index in [0.717, 1.165) is 5.56 Å². The van der Waals surface area contributed by atoms with Crippen molar-refractivity contribution < 1.29 is 9.53 Å². The average molecular weight is 437 g/mol. The molecule has 0 spiro atoms. The van der Waals surface area contributed by atoms with Crippen LogP contribution in [0.25, 0.3) is 16.6 Å². The van der Waals surface area contributed by atoms with Crippen LogP contribution in [0.4, 0.5) is 4.79 Å². The van der Waals surface area contributed by atoms with Gasteiger partial charge >= 0.3 is 6.03 Å². The first-order valence-electron chi connectivity index (χ1n) is 10.8. The molecule has 3 rings (SSSR count). The predicted molar refractivity (Wildman–Crippen MR) is 128 cm³/mol. The molecule has 0 saturated carbocycles. The number of methoxy groups -OCH3 is 1. The Balaban J connectivity index is 2.29. The van der Waals surface area contributed by atoms with Crippen LogP contribution in [-0.4, -0.2) is 39.7 Å². The van der Waals surface area contributed by atoms with Gasteiger partial charge in [-0.25, -0.2) is 9.78 Å². The second-order valence-corrected chi connectivity index (χ2v) is 8.95. The molecule has 7 nitrogen and oxygen atoms in total. The van der Waals surface area contributed by atoms with Crippen molar-refractivity contribution in [3.63, 3.8) is 0 Å². The molecule has 170 valence electrons. The van der Waals surface area contributed by atoms with E-state index in [4.69, 9.17) is 9.72 Å². The fraction of sp³-hybridized carbons (Fsp3) is 0.400. The molecule has 1 aromatic heterocycles. The van der Waals surface area contributed by atoms with Crippen molar-refractivity contribution in [3.8, 4) is 11.4 Å². The molecular formula is C25H32N4O3. The number of carbonyl (C=O) groups is 1. The number of nitrogens with zero attached hydrogens (tertiary/aromatic N) is 3. The van der Waals surface area contributed by atoms with E-state index in [0.29, 0.717) is 34.7 Å². The first-order chi connectivity index (χ1) is 15.1. The SMILES string of the molecule is CCN(C(=O)NC(C)(C)C)C(C)c1nc2ccccc2c(=O)n1-c1cc(C)ccc1OC. The summed E-state index contributed by atoms with van der Waals surface area (Å²) in [5, 5.41) is 3.52. The molecule has 0 saturated heterocycles. The Kier molecular flexibility index (Phi) is 6.57. The van der Waals surface area contributed by atoms with Gasteiger partial charge in [-0.05, 0) is 71.4 Å². The van der Waals surface area contributed by atoms with E-state index >= 15 is 0 Å². The lowest BCUT2D eigenvalue weighted by Gasteiger charge is -2.32. The lowest BCUT2D eigenvalue weighted by molar-refractivity contribution is 0.171. The van der Waals surface area contributed by atoms with Gasteiger partial charge < -0.3 is 15.0 Å². The first-order valence-corrected chi connectivity index (χ1v) is 10.8. The lowest BCUT2D eigenvalue weighted by atomic mass is 10.1. The smallest absolute Gasteiger partial charge is 0.318 e. The third-order valence-electron chi connectivity index (χ3n) is 5.30. The molecule has 32 heavy (non-hydrogen) atoms. The number of amides is 2. The highest BCUT2D eigenvalue weighted by Gasteiger charge is 2.28. The Morgan fingerprint density at radius 1 is 1.22 bits per heavy atom. The number of aryl methyl sites for hydroxylation is 1. The molecular weight excluding hydrogens is 404 g/mol. The number of carbonyl (C=O) groups excluding carboxylic acids is 1. The van der Waals surface area contributed by atoms with Crippen LogP contribution >= 0.6 is 0 Å². The van der Waals surface area contributed by atoms with E-state index in [-0.39, 0.29) is 17.1 Å². The summed E-state index contributed by atoms with van der Waals surface area (Å²) in [4.78, 5) is 33.3. The molecule has 2 aromatic carbocycles. The maximum Gasteiger partial charge on any atom is 0.318 e. The van der Waals surface area contributed by atoms with Crippen molar-refractivity contribution in [1.82, 2.24) is 19.8 Å². The Bertz CT molecular complexity index is 1190. The van der Waals surface area contributed by atoms with Gasteiger partial charge in [-0.15, -0.1) is 0 Å². The topological polar surface area (TPSA) is 76.5 Å². The number of hydrogen-bond donors (Lipinski definition) is 1. The van der Waals surface area contributed by atoms with Gasteiger partial charge in [0.25, 0.3) is 5.56 Å². The van der Waals surface area contributed by atoms with Crippen LogP contribution in [0.1, 0.15) is 52.0 Å². The van der Waals surface area contributed by atoms with Crippen LogP contribution in [0.5, 0.6) is 5.75 Å². The summed E-state index contributed by atoms with van der Waals surface area (Å²) in [7, 11) is 1.58. The van der Waals surface area contributed by atoms with Crippen LogP contribution in [-0.2, 0) is 0 Å².